The van der Waals surface area contributed by atoms with Crippen LogP contribution >= 0.6 is 0 Å². The molecule has 22 heavy (non-hydrogen) atoms. The molecule has 0 spiro atoms. The van der Waals surface area contributed by atoms with Gasteiger partial charge in [0, 0.05) is 0 Å². The van der Waals surface area contributed by atoms with Crippen LogP contribution in [-0.2, 0) is 12.8 Å². The Labute approximate surface area is 134 Å². The molecule has 1 aromatic carbocycles. The molecule has 0 bridgehead atoms. The molecule has 1 aromatic rings. The summed E-state index contributed by atoms with van der Waals surface area (Å²) < 4.78 is 13.3. The summed E-state index contributed by atoms with van der Waals surface area (Å²) in [6.45, 7) is 2.30. The van der Waals surface area contributed by atoms with Crippen molar-refractivity contribution < 1.29 is 4.39 Å². The number of hydrogen-bond acceptors (Lipinski definition) is 0. The SMILES string of the molecule is CCCC1CCC(/C=C/C2CCc3cc(F)ccc3C2)CC1. The second-order valence-electron chi connectivity index (χ2n) is 7.37. The summed E-state index contributed by atoms with van der Waals surface area (Å²) in [7, 11) is 0. The molecule has 0 radical (unpaired) electrons. The number of fused-ring (bicyclic) bond motifs is 1. The van der Waals surface area contributed by atoms with E-state index in [4.69, 9.17) is 0 Å². The van der Waals surface area contributed by atoms with Crippen molar-refractivity contribution in [1.82, 2.24) is 0 Å². The van der Waals surface area contributed by atoms with Gasteiger partial charge in [0.1, 0.15) is 5.82 Å². The van der Waals surface area contributed by atoms with Crippen molar-refractivity contribution in [3.63, 3.8) is 0 Å². The third kappa shape index (κ3) is 4.00. The molecule has 0 heterocycles. The van der Waals surface area contributed by atoms with Crippen molar-refractivity contribution in [1.29, 1.82) is 0 Å². The maximum absolute atomic E-state index is 13.3. The predicted octanol–water partition coefficient (Wildman–Crippen LogP) is 6.09. The monoisotopic (exact) mass is 300 g/mol. The standard InChI is InChI=1S/C21H29F/c1-2-3-16-4-6-17(7-5-16)8-9-18-10-11-20-15-21(22)13-12-19(20)14-18/h8-9,12-13,15-18H,2-7,10-11,14H2,1H3/b9-8+. The van der Waals surface area contributed by atoms with Crippen molar-refractivity contribution in [2.75, 3.05) is 0 Å². The Hall–Kier alpha value is -1.11. The zero-order chi connectivity index (χ0) is 15.4. The van der Waals surface area contributed by atoms with Crippen LogP contribution < -0.4 is 0 Å². The molecule has 0 aliphatic heterocycles. The third-order valence-electron chi connectivity index (χ3n) is 5.68. The summed E-state index contributed by atoms with van der Waals surface area (Å²) in [6, 6.07) is 5.32. The minimum atomic E-state index is -0.0865. The van der Waals surface area contributed by atoms with Crippen molar-refractivity contribution >= 4 is 0 Å². The second-order valence-corrected chi connectivity index (χ2v) is 7.37. The minimum Gasteiger partial charge on any atom is -0.207 e. The van der Waals surface area contributed by atoms with Crippen molar-refractivity contribution in [3.8, 4) is 0 Å². The first kappa shape index (κ1) is 15.8. The Morgan fingerprint density at radius 3 is 2.55 bits per heavy atom. The molecule has 1 heteroatoms. The minimum absolute atomic E-state index is 0.0865. The summed E-state index contributed by atoms with van der Waals surface area (Å²) in [5.41, 5.74) is 2.58. The van der Waals surface area contributed by atoms with Gasteiger partial charge in [-0.2, -0.15) is 0 Å². The van der Waals surface area contributed by atoms with Crippen molar-refractivity contribution in [2.45, 2.75) is 64.7 Å². The van der Waals surface area contributed by atoms with Crippen molar-refractivity contribution in [2.24, 2.45) is 17.8 Å². The lowest BCUT2D eigenvalue weighted by Crippen LogP contribution is -2.15. The van der Waals surface area contributed by atoms with Gasteiger partial charge in [0.05, 0.1) is 0 Å². The van der Waals surface area contributed by atoms with Gasteiger partial charge < -0.3 is 0 Å². The Balaban J connectivity index is 1.51. The van der Waals surface area contributed by atoms with Gasteiger partial charge in [0.25, 0.3) is 0 Å². The van der Waals surface area contributed by atoms with E-state index in [0.717, 1.165) is 24.7 Å². The van der Waals surface area contributed by atoms with Crippen LogP contribution in [0.3, 0.4) is 0 Å². The molecule has 0 aromatic heterocycles. The first-order valence-electron chi connectivity index (χ1n) is 9.20. The van der Waals surface area contributed by atoms with E-state index in [1.54, 1.807) is 12.1 Å². The first-order valence-corrected chi connectivity index (χ1v) is 9.20. The lowest BCUT2D eigenvalue weighted by molar-refractivity contribution is 0.293. The fourth-order valence-electron chi connectivity index (χ4n) is 4.31. The van der Waals surface area contributed by atoms with E-state index in [-0.39, 0.29) is 5.82 Å². The lowest BCUT2D eigenvalue weighted by atomic mass is 9.78. The van der Waals surface area contributed by atoms with E-state index in [1.165, 1.54) is 56.1 Å². The highest BCUT2D eigenvalue weighted by Gasteiger charge is 2.20. The fourth-order valence-corrected chi connectivity index (χ4v) is 4.31. The van der Waals surface area contributed by atoms with E-state index in [1.807, 2.05) is 6.07 Å². The Morgan fingerprint density at radius 2 is 1.77 bits per heavy atom. The summed E-state index contributed by atoms with van der Waals surface area (Å²) in [5, 5.41) is 0. The lowest BCUT2D eigenvalue weighted by Gasteiger charge is -2.27. The number of aryl methyl sites for hydroxylation is 1. The summed E-state index contributed by atoms with van der Waals surface area (Å²) >= 11 is 0. The summed E-state index contributed by atoms with van der Waals surface area (Å²) in [5.74, 6) is 2.37. The molecule has 2 aliphatic rings. The molecule has 1 atom stereocenters. The van der Waals surface area contributed by atoms with E-state index < -0.39 is 0 Å². The van der Waals surface area contributed by atoms with Crippen molar-refractivity contribution in [3.05, 3.63) is 47.3 Å². The van der Waals surface area contributed by atoms with Gasteiger partial charge in [-0.05, 0) is 86.0 Å². The van der Waals surface area contributed by atoms with Gasteiger partial charge >= 0.3 is 0 Å². The molecular weight excluding hydrogens is 271 g/mol. The van der Waals surface area contributed by atoms with Gasteiger partial charge in [0.15, 0.2) is 0 Å². The number of allylic oxidation sites excluding steroid dienone is 2. The molecule has 1 saturated carbocycles. The molecule has 120 valence electrons. The van der Waals surface area contributed by atoms with E-state index in [0.29, 0.717) is 5.92 Å². The van der Waals surface area contributed by atoms with Crippen LogP contribution in [0.5, 0.6) is 0 Å². The van der Waals surface area contributed by atoms with Gasteiger partial charge in [0.2, 0.25) is 0 Å². The van der Waals surface area contributed by atoms with E-state index in [2.05, 4.69) is 19.1 Å². The Bertz CT molecular complexity index is 509. The number of benzene rings is 1. The molecular formula is C21H29F. The average molecular weight is 300 g/mol. The quantitative estimate of drug-likeness (QED) is 0.590. The molecule has 1 unspecified atom stereocenters. The van der Waals surface area contributed by atoms with Gasteiger partial charge in [-0.25, -0.2) is 4.39 Å². The maximum atomic E-state index is 13.3. The average Bonchev–Trinajstić information content (AvgIpc) is 2.54. The van der Waals surface area contributed by atoms with Crippen LogP contribution in [0, 0.1) is 23.6 Å². The molecule has 0 nitrogen and oxygen atoms in total. The molecule has 1 fully saturated rings. The van der Waals surface area contributed by atoms with Crippen LogP contribution in [0.1, 0.15) is 63.0 Å². The summed E-state index contributed by atoms with van der Waals surface area (Å²) in [6.07, 6.45) is 16.7. The number of rotatable bonds is 4. The molecule has 3 rings (SSSR count). The van der Waals surface area contributed by atoms with E-state index >= 15 is 0 Å². The number of hydrogen-bond donors (Lipinski definition) is 0. The van der Waals surface area contributed by atoms with Crippen LogP contribution in [0.2, 0.25) is 0 Å². The third-order valence-corrected chi connectivity index (χ3v) is 5.68. The maximum Gasteiger partial charge on any atom is 0.123 e. The molecule has 0 amide bonds. The summed E-state index contributed by atoms with van der Waals surface area (Å²) in [4.78, 5) is 0. The topological polar surface area (TPSA) is 0 Å². The predicted molar refractivity (Wildman–Crippen MR) is 91.4 cm³/mol. The zero-order valence-corrected chi connectivity index (χ0v) is 13.9. The fraction of sp³-hybridized carbons (Fsp3) is 0.619. The normalized spacial score (nSPS) is 28.7. The largest absolute Gasteiger partial charge is 0.207 e. The highest BCUT2D eigenvalue weighted by atomic mass is 19.1. The Kier molecular flexibility index (Phi) is 5.33. The Morgan fingerprint density at radius 1 is 1.00 bits per heavy atom. The van der Waals surface area contributed by atoms with E-state index in [9.17, 15) is 4.39 Å². The highest BCUT2D eigenvalue weighted by Crippen LogP contribution is 2.33. The van der Waals surface area contributed by atoms with Crippen LogP contribution in [-0.4, -0.2) is 0 Å². The van der Waals surface area contributed by atoms with Crippen LogP contribution in [0.4, 0.5) is 4.39 Å². The first-order chi connectivity index (χ1) is 10.7. The molecule has 0 N–H and O–H groups in total. The highest BCUT2D eigenvalue weighted by molar-refractivity contribution is 5.31. The smallest absolute Gasteiger partial charge is 0.123 e. The number of halogens is 1. The second kappa shape index (κ2) is 7.44. The zero-order valence-electron chi connectivity index (χ0n) is 13.9. The molecule has 0 saturated heterocycles. The molecule has 2 aliphatic carbocycles. The van der Waals surface area contributed by atoms with Gasteiger partial charge in [-0.3, -0.25) is 0 Å². The van der Waals surface area contributed by atoms with Gasteiger partial charge in [-0.15, -0.1) is 0 Å². The van der Waals surface area contributed by atoms with Crippen LogP contribution in [0.15, 0.2) is 30.4 Å². The van der Waals surface area contributed by atoms with Gasteiger partial charge in [-0.1, -0.05) is 38.0 Å². The van der Waals surface area contributed by atoms with Crippen LogP contribution in [0.25, 0.3) is 0 Å².